The van der Waals surface area contributed by atoms with Gasteiger partial charge in [0.15, 0.2) is 5.58 Å². The predicted octanol–water partition coefficient (Wildman–Crippen LogP) is 4.59. The maximum absolute atomic E-state index is 12.9. The van der Waals surface area contributed by atoms with Gasteiger partial charge in [0.1, 0.15) is 5.52 Å². The number of aromatic nitrogens is 1. The van der Waals surface area contributed by atoms with Gasteiger partial charge in [-0.1, -0.05) is 12.1 Å². The summed E-state index contributed by atoms with van der Waals surface area (Å²) in [5.41, 5.74) is 4.98. The van der Waals surface area contributed by atoms with Crippen LogP contribution in [0.15, 0.2) is 46.9 Å². The Morgan fingerprint density at radius 2 is 1.80 bits per heavy atom. The Labute approximate surface area is 176 Å². The first-order valence-corrected chi connectivity index (χ1v) is 10.9. The second-order valence-electron chi connectivity index (χ2n) is 8.41. The van der Waals surface area contributed by atoms with Gasteiger partial charge in [-0.05, 0) is 68.5 Å². The van der Waals surface area contributed by atoms with Crippen LogP contribution in [0.2, 0.25) is 0 Å². The van der Waals surface area contributed by atoms with Gasteiger partial charge in [0.05, 0.1) is 0 Å². The van der Waals surface area contributed by atoms with Crippen molar-refractivity contribution in [1.29, 1.82) is 0 Å². The third-order valence-electron chi connectivity index (χ3n) is 6.36. The van der Waals surface area contributed by atoms with Crippen LogP contribution in [-0.2, 0) is 4.79 Å². The lowest BCUT2D eigenvalue weighted by molar-refractivity contribution is -0.120. The first kappa shape index (κ1) is 19.0. The standard InChI is InChI=1S/C24H28N4O2/c1-17-16-19(27-12-4-5-13-27)8-9-20(17)25-23(29)18-10-14-28(15-11-18)24-26-21-6-2-3-7-22(21)30-24/h2-3,6-9,16,18H,4-5,10-15H2,1H3,(H,25,29). The van der Waals surface area contributed by atoms with Crippen molar-refractivity contribution in [2.24, 2.45) is 5.92 Å². The number of aryl methyl sites for hydroxylation is 1. The molecule has 1 amide bonds. The molecule has 3 heterocycles. The minimum absolute atomic E-state index is 0.0169. The summed E-state index contributed by atoms with van der Waals surface area (Å²) < 4.78 is 5.88. The van der Waals surface area contributed by atoms with Crippen molar-refractivity contribution >= 4 is 34.4 Å². The zero-order valence-electron chi connectivity index (χ0n) is 17.4. The lowest BCUT2D eigenvalue weighted by Gasteiger charge is -2.30. The summed E-state index contributed by atoms with van der Waals surface area (Å²) >= 11 is 0. The van der Waals surface area contributed by atoms with E-state index in [2.05, 4.69) is 39.2 Å². The van der Waals surface area contributed by atoms with Crippen LogP contribution >= 0.6 is 0 Å². The number of rotatable bonds is 4. The third kappa shape index (κ3) is 3.74. The molecule has 0 unspecified atom stereocenters. The SMILES string of the molecule is Cc1cc(N2CCCC2)ccc1NC(=O)C1CCN(c2nc3ccccc3o2)CC1. The van der Waals surface area contributed by atoms with Crippen LogP contribution < -0.4 is 15.1 Å². The molecule has 2 saturated heterocycles. The highest BCUT2D eigenvalue weighted by Gasteiger charge is 2.27. The van der Waals surface area contributed by atoms with Crippen molar-refractivity contribution in [2.75, 3.05) is 41.3 Å². The molecule has 2 aliphatic rings. The smallest absolute Gasteiger partial charge is 0.298 e. The molecular weight excluding hydrogens is 376 g/mol. The van der Waals surface area contributed by atoms with Gasteiger partial charge in [0.25, 0.3) is 6.01 Å². The summed E-state index contributed by atoms with van der Waals surface area (Å²) in [5, 5.41) is 3.16. The Morgan fingerprint density at radius 3 is 2.53 bits per heavy atom. The number of hydrogen-bond donors (Lipinski definition) is 1. The molecule has 1 aromatic heterocycles. The van der Waals surface area contributed by atoms with Crippen molar-refractivity contribution in [2.45, 2.75) is 32.6 Å². The summed E-state index contributed by atoms with van der Waals surface area (Å²) in [4.78, 5) is 22.0. The lowest BCUT2D eigenvalue weighted by atomic mass is 9.96. The van der Waals surface area contributed by atoms with E-state index in [1.54, 1.807) is 0 Å². The van der Waals surface area contributed by atoms with Crippen LogP contribution in [0.25, 0.3) is 11.1 Å². The average molecular weight is 405 g/mol. The maximum atomic E-state index is 12.9. The minimum atomic E-state index is 0.0169. The molecule has 5 rings (SSSR count). The van der Waals surface area contributed by atoms with E-state index in [1.165, 1.54) is 18.5 Å². The number of fused-ring (bicyclic) bond motifs is 1. The first-order valence-electron chi connectivity index (χ1n) is 10.9. The molecular formula is C24H28N4O2. The summed E-state index contributed by atoms with van der Waals surface area (Å²) in [6.45, 7) is 5.88. The molecule has 6 nitrogen and oxygen atoms in total. The van der Waals surface area contributed by atoms with Gasteiger partial charge in [-0.3, -0.25) is 4.79 Å². The molecule has 2 aliphatic heterocycles. The largest absolute Gasteiger partial charge is 0.423 e. The molecule has 0 radical (unpaired) electrons. The van der Waals surface area contributed by atoms with E-state index in [4.69, 9.17) is 4.42 Å². The van der Waals surface area contributed by atoms with E-state index in [1.807, 2.05) is 30.3 Å². The highest BCUT2D eigenvalue weighted by molar-refractivity contribution is 5.93. The zero-order chi connectivity index (χ0) is 20.5. The molecule has 2 fully saturated rings. The average Bonchev–Trinajstić information content (AvgIpc) is 3.45. The van der Waals surface area contributed by atoms with Gasteiger partial charge in [-0.25, -0.2) is 0 Å². The van der Waals surface area contributed by atoms with Crippen LogP contribution in [-0.4, -0.2) is 37.1 Å². The van der Waals surface area contributed by atoms with E-state index < -0.39 is 0 Å². The molecule has 0 bridgehead atoms. The number of amides is 1. The summed E-state index contributed by atoms with van der Waals surface area (Å²) in [7, 11) is 0. The van der Waals surface area contributed by atoms with Crippen molar-refractivity contribution in [3.8, 4) is 0 Å². The summed E-state index contributed by atoms with van der Waals surface area (Å²) in [5.74, 6) is 0.132. The number of anilines is 3. The number of carbonyl (C=O) groups excluding carboxylic acids is 1. The number of para-hydroxylation sites is 2. The predicted molar refractivity (Wildman–Crippen MR) is 120 cm³/mol. The van der Waals surface area contributed by atoms with E-state index >= 15 is 0 Å². The number of nitrogens with one attached hydrogen (secondary N) is 1. The highest BCUT2D eigenvalue weighted by Crippen LogP contribution is 2.29. The van der Waals surface area contributed by atoms with Gasteiger partial charge >= 0.3 is 0 Å². The number of benzene rings is 2. The number of carbonyl (C=O) groups is 1. The number of oxazole rings is 1. The Balaban J connectivity index is 1.19. The number of piperidine rings is 1. The number of hydrogen-bond acceptors (Lipinski definition) is 5. The van der Waals surface area contributed by atoms with Crippen LogP contribution in [0, 0.1) is 12.8 Å². The Morgan fingerprint density at radius 1 is 1.03 bits per heavy atom. The van der Waals surface area contributed by atoms with Gasteiger partial charge in [0.2, 0.25) is 5.91 Å². The molecule has 1 N–H and O–H groups in total. The lowest BCUT2D eigenvalue weighted by Crippen LogP contribution is -2.38. The van der Waals surface area contributed by atoms with Crippen LogP contribution in [0.1, 0.15) is 31.2 Å². The Kier molecular flexibility index (Phi) is 5.07. The van der Waals surface area contributed by atoms with Gasteiger partial charge in [-0.2, -0.15) is 4.98 Å². The van der Waals surface area contributed by atoms with Gasteiger partial charge < -0.3 is 19.5 Å². The highest BCUT2D eigenvalue weighted by atomic mass is 16.4. The Bertz CT molecular complexity index is 1010. The number of nitrogens with zero attached hydrogens (tertiary/aromatic N) is 3. The van der Waals surface area contributed by atoms with Crippen molar-refractivity contribution in [1.82, 2.24) is 4.98 Å². The molecule has 0 atom stereocenters. The van der Waals surface area contributed by atoms with Crippen LogP contribution in [0.5, 0.6) is 0 Å². The normalized spacial score (nSPS) is 17.6. The van der Waals surface area contributed by atoms with E-state index in [9.17, 15) is 4.79 Å². The summed E-state index contributed by atoms with van der Waals surface area (Å²) in [6.07, 6.45) is 4.13. The van der Waals surface area contributed by atoms with E-state index in [0.717, 1.165) is 61.4 Å². The van der Waals surface area contributed by atoms with Gasteiger partial charge in [-0.15, -0.1) is 0 Å². The minimum Gasteiger partial charge on any atom is -0.423 e. The third-order valence-corrected chi connectivity index (χ3v) is 6.36. The molecule has 156 valence electrons. The van der Waals surface area contributed by atoms with Crippen molar-refractivity contribution in [3.05, 3.63) is 48.0 Å². The monoisotopic (exact) mass is 404 g/mol. The van der Waals surface area contributed by atoms with Crippen molar-refractivity contribution in [3.63, 3.8) is 0 Å². The first-order chi connectivity index (χ1) is 14.7. The molecule has 30 heavy (non-hydrogen) atoms. The quantitative estimate of drug-likeness (QED) is 0.689. The maximum Gasteiger partial charge on any atom is 0.298 e. The molecule has 6 heteroatoms. The van der Waals surface area contributed by atoms with E-state index in [-0.39, 0.29) is 11.8 Å². The van der Waals surface area contributed by atoms with E-state index in [0.29, 0.717) is 6.01 Å². The Hall–Kier alpha value is -3.02. The van der Waals surface area contributed by atoms with Gasteiger partial charge in [0, 0.05) is 43.5 Å². The second-order valence-corrected chi connectivity index (χ2v) is 8.41. The van der Waals surface area contributed by atoms with Crippen LogP contribution in [0.4, 0.5) is 17.4 Å². The molecule has 2 aromatic carbocycles. The fraction of sp³-hybridized carbons (Fsp3) is 0.417. The fourth-order valence-electron chi connectivity index (χ4n) is 4.52. The fourth-order valence-corrected chi connectivity index (χ4v) is 4.52. The summed E-state index contributed by atoms with van der Waals surface area (Å²) in [6, 6.07) is 14.8. The molecule has 0 saturated carbocycles. The molecule has 3 aromatic rings. The zero-order valence-corrected chi connectivity index (χ0v) is 17.4. The van der Waals surface area contributed by atoms with Crippen molar-refractivity contribution < 1.29 is 9.21 Å². The molecule has 0 aliphatic carbocycles. The topological polar surface area (TPSA) is 61.6 Å². The molecule has 0 spiro atoms. The second kappa shape index (κ2) is 8.01. The van der Waals surface area contributed by atoms with Crippen LogP contribution in [0.3, 0.4) is 0 Å².